The zero-order valence-corrected chi connectivity index (χ0v) is 21.0. The highest BCUT2D eigenvalue weighted by atomic mass is 79.9. The average Bonchev–Trinajstić information content (AvgIpc) is 2.82. The monoisotopic (exact) mass is 541 g/mol. The van der Waals surface area contributed by atoms with Gasteiger partial charge in [0.15, 0.2) is 0 Å². The van der Waals surface area contributed by atoms with E-state index in [0.717, 1.165) is 10.9 Å². The summed E-state index contributed by atoms with van der Waals surface area (Å²) in [5, 5.41) is 5.33. The van der Waals surface area contributed by atoms with Crippen LogP contribution in [-0.2, 0) is 6.61 Å². The first kappa shape index (κ1) is 24.1. The Labute approximate surface area is 210 Å². The lowest BCUT2D eigenvalue weighted by molar-refractivity contribution is 0.306. The van der Waals surface area contributed by atoms with Crippen molar-refractivity contribution in [2.75, 3.05) is 0 Å². The highest BCUT2D eigenvalue weighted by molar-refractivity contribution is 9.10. The summed E-state index contributed by atoms with van der Waals surface area (Å²) in [5.41, 5.74) is 1.80. The molecule has 0 aliphatic rings. The van der Waals surface area contributed by atoms with E-state index in [4.69, 9.17) is 21.3 Å². The van der Waals surface area contributed by atoms with Crippen LogP contribution >= 0.6 is 27.5 Å². The number of hydrogen-bond acceptors (Lipinski definition) is 4. The first-order valence-electron chi connectivity index (χ1n) is 10.8. The van der Waals surface area contributed by atoms with Crippen molar-refractivity contribution in [2.24, 2.45) is 5.10 Å². The maximum atomic E-state index is 13.4. The van der Waals surface area contributed by atoms with Crippen molar-refractivity contribution in [1.82, 2.24) is 9.66 Å². The van der Waals surface area contributed by atoms with Crippen LogP contribution in [0.5, 0.6) is 5.75 Å². The molecule has 8 heteroatoms. The molecule has 0 fully saturated rings. The number of halogens is 3. The van der Waals surface area contributed by atoms with Crippen molar-refractivity contribution >= 4 is 44.6 Å². The van der Waals surface area contributed by atoms with E-state index in [9.17, 15) is 9.18 Å². The molecule has 0 aliphatic carbocycles. The molecule has 174 valence electrons. The number of ether oxygens (including phenoxy) is 1. The van der Waals surface area contributed by atoms with Crippen LogP contribution in [0.1, 0.15) is 43.1 Å². The van der Waals surface area contributed by atoms with Crippen LogP contribution in [0, 0.1) is 5.82 Å². The summed E-state index contributed by atoms with van der Waals surface area (Å²) < 4.78 is 21.2. The van der Waals surface area contributed by atoms with Crippen molar-refractivity contribution < 1.29 is 9.13 Å². The van der Waals surface area contributed by atoms with Gasteiger partial charge in [-0.05, 0) is 66.1 Å². The Morgan fingerprint density at radius 3 is 2.76 bits per heavy atom. The van der Waals surface area contributed by atoms with Gasteiger partial charge in [-0.15, -0.1) is 0 Å². The third kappa shape index (κ3) is 5.37. The van der Waals surface area contributed by atoms with E-state index >= 15 is 0 Å². The van der Waals surface area contributed by atoms with Crippen LogP contribution in [0.25, 0.3) is 10.9 Å². The minimum Gasteiger partial charge on any atom is -0.487 e. The molecule has 0 unspecified atom stereocenters. The Bertz CT molecular complexity index is 1440. The third-order valence-corrected chi connectivity index (χ3v) is 6.24. The second-order valence-electron chi connectivity index (χ2n) is 7.91. The lowest BCUT2D eigenvalue weighted by atomic mass is 10.1. The van der Waals surface area contributed by atoms with Crippen LogP contribution in [0.2, 0.25) is 5.02 Å². The molecule has 1 heterocycles. The standard InChI is InChI=1S/C26H22BrClFN3O2/c1-3-16(2)25-31-23-9-8-19(27)13-21(23)26(33)32(25)30-14-17-7-10-24(22(28)12-17)34-15-18-5-4-6-20(29)11-18/h4-14,16H,3,15H2,1-2H3/t16-/m0/s1. The first-order valence-corrected chi connectivity index (χ1v) is 12.0. The van der Waals surface area contributed by atoms with Crippen LogP contribution in [0.4, 0.5) is 4.39 Å². The van der Waals surface area contributed by atoms with Crippen molar-refractivity contribution in [3.8, 4) is 5.75 Å². The predicted octanol–water partition coefficient (Wildman–Crippen LogP) is 6.93. The summed E-state index contributed by atoms with van der Waals surface area (Å²) in [4.78, 5) is 17.9. The highest BCUT2D eigenvalue weighted by Crippen LogP contribution is 2.26. The third-order valence-electron chi connectivity index (χ3n) is 5.45. The van der Waals surface area contributed by atoms with Gasteiger partial charge in [0.1, 0.15) is 24.0 Å². The van der Waals surface area contributed by atoms with Gasteiger partial charge in [0, 0.05) is 10.4 Å². The zero-order chi connectivity index (χ0) is 24.2. The van der Waals surface area contributed by atoms with Crippen molar-refractivity contribution in [1.29, 1.82) is 0 Å². The smallest absolute Gasteiger partial charge is 0.282 e. The molecule has 0 spiro atoms. The Morgan fingerprint density at radius 2 is 2.03 bits per heavy atom. The molecule has 3 aromatic carbocycles. The van der Waals surface area contributed by atoms with E-state index in [-0.39, 0.29) is 23.9 Å². The lowest BCUT2D eigenvalue weighted by Crippen LogP contribution is -2.23. The van der Waals surface area contributed by atoms with Crippen LogP contribution < -0.4 is 10.3 Å². The fourth-order valence-corrected chi connectivity index (χ4v) is 4.01. The van der Waals surface area contributed by atoms with Gasteiger partial charge in [-0.2, -0.15) is 9.78 Å². The minimum absolute atomic E-state index is 0.0417. The minimum atomic E-state index is -0.318. The van der Waals surface area contributed by atoms with Gasteiger partial charge < -0.3 is 4.74 Å². The van der Waals surface area contributed by atoms with E-state index < -0.39 is 0 Å². The summed E-state index contributed by atoms with van der Waals surface area (Å²) in [5.74, 6) is 0.791. The molecular weight excluding hydrogens is 521 g/mol. The second-order valence-corrected chi connectivity index (χ2v) is 9.23. The summed E-state index contributed by atoms with van der Waals surface area (Å²) in [6, 6.07) is 16.8. The van der Waals surface area contributed by atoms with Gasteiger partial charge in [0.05, 0.1) is 22.1 Å². The molecule has 0 amide bonds. The molecule has 0 radical (unpaired) electrons. The molecule has 34 heavy (non-hydrogen) atoms. The maximum Gasteiger partial charge on any atom is 0.282 e. The molecule has 1 aromatic heterocycles. The topological polar surface area (TPSA) is 56.5 Å². The number of aromatic nitrogens is 2. The van der Waals surface area contributed by atoms with Crippen molar-refractivity contribution in [3.63, 3.8) is 0 Å². The molecule has 4 rings (SSSR count). The van der Waals surface area contributed by atoms with E-state index in [1.54, 1.807) is 42.6 Å². The molecule has 0 saturated heterocycles. The molecular formula is C26H22BrClFN3O2. The molecule has 0 aliphatic heterocycles. The molecule has 0 N–H and O–H groups in total. The summed E-state index contributed by atoms with van der Waals surface area (Å²) in [7, 11) is 0. The number of hydrogen-bond donors (Lipinski definition) is 0. The molecule has 5 nitrogen and oxygen atoms in total. The van der Waals surface area contributed by atoms with Gasteiger partial charge in [0.25, 0.3) is 5.56 Å². The largest absolute Gasteiger partial charge is 0.487 e. The molecule has 0 bridgehead atoms. The Morgan fingerprint density at radius 1 is 1.21 bits per heavy atom. The van der Waals surface area contributed by atoms with E-state index in [0.29, 0.717) is 38.6 Å². The van der Waals surface area contributed by atoms with Gasteiger partial charge >= 0.3 is 0 Å². The summed E-state index contributed by atoms with van der Waals surface area (Å²) >= 11 is 9.81. The number of benzene rings is 3. The number of nitrogens with zero attached hydrogens (tertiary/aromatic N) is 3. The molecule has 0 saturated carbocycles. The second kappa shape index (κ2) is 10.5. The average molecular weight is 543 g/mol. The number of fused-ring (bicyclic) bond motifs is 1. The van der Waals surface area contributed by atoms with Gasteiger partial charge in [-0.25, -0.2) is 9.37 Å². The fourth-order valence-electron chi connectivity index (χ4n) is 3.41. The molecule has 1 atom stereocenters. The van der Waals surface area contributed by atoms with E-state index in [2.05, 4.69) is 21.0 Å². The summed E-state index contributed by atoms with van der Waals surface area (Å²) in [6.45, 7) is 4.25. The van der Waals surface area contributed by atoms with Crippen LogP contribution in [0.3, 0.4) is 0 Å². The Kier molecular flexibility index (Phi) is 7.44. The van der Waals surface area contributed by atoms with Gasteiger partial charge in [-0.1, -0.05) is 53.5 Å². The van der Waals surface area contributed by atoms with Gasteiger partial charge in [-0.3, -0.25) is 4.79 Å². The number of rotatable bonds is 7. The Balaban J connectivity index is 1.62. The van der Waals surface area contributed by atoms with Gasteiger partial charge in [0.2, 0.25) is 0 Å². The first-order chi connectivity index (χ1) is 16.4. The van der Waals surface area contributed by atoms with E-state index in [1.807, 2.05) is 26.0 Å². The van der Waals surface area contributed by atoms with Crippen LogP contribution in [-0.4, -0.2) is 15.9 Å². The quantitative estimate of drug-likeness (QED) is 0.238. The zero-order valence-electron chi connectivity index (χ0n) is 18.6. The van der Waals surface area contributed by atoms with Crippen molar-refractivity contribution in [3.05, 3.63) is 103 Å². The summed E-state index contributed by atoms with van der Waals surface area (Å²) in [6.07, 6.45) is 2.38. The predicted molar refractivity (Wildman–Crippen MR) is 138 cm³/mol. The van der Waals surface area contributed by atoms with E-state index in [1.165, 1.54) is 16.8 Å². The molecule has 4 aromatic rings. The fraction of sp³-hybridized carbons (Fsp3) is 0.192. The highest BCUT2D eigenvalue weighted by Gasteiger charge is 2.15. The lowest BCUT2D eigenvalue weighted by Gasteiger charge is -2.14. The van der Waals surface area contributed by atoms with Crippen LogP contribution in [0.15, 0.2) is 75.0 Å². The van der Waals surface area contributed by atoms with Crippen molar-refractivity contribution in [2.45, 2.75) is 32.8 Å². The Hall–Kier alpha value is -3.03. The normalized spacial score (nSPS) is 12.4. The SMILES string of the molecule is CC[C@H](C)c1nc2ccc(Br)cc2c(=O)n1N=Cc1ccc(OCc2cccc(F)c2)c(Cl)c1. The maximum absolute atomic E-state index is 13.4.